The first-order valence-corrected chi connectivity index (χ1v) is 6.62. The topological polar surface area (TPSA) is 27.7 Å². The van der Waals surface area contributed by atoms with E-state index in [2.05, 4.69) is 13.8 Å². The zero-order chi connectivity index (χ0) is 10.1. The summed E-state index contributed by atoms with van der Waals surface area (Å²) < 4.78 is 16.1. The first kappa shape index (κ1) is 13.1. The fraction of sp³-hybridized carbons (Fsp3) is 1.00. The van der Waals surface area contributed by atoms with E-state index in [4.69, 9.17) is 13.9 Å². The Balaban J connectivity index is 3.50. The van der Waals surface area contributed by atoms with Gasteiger partial charge in [-0.3, -0.25) is 0 Å². The van der Waals surface area contributed by atoms with E-state index >= 15 is 0 Å². The molecule has 0 aromatic heterocycles. The van der Waals surface area contributed by atoms with Crippen molar-refractivity contribution in [1.29, 1.82) is 0 Å². The van der Waals surface area contributed by atoms with E-state index in [0.29, 0.717) is 0 Å². The standard InChI is InChI=1S/C9H22O3Si/c1-5-7-13-12-9(6-2)11-8(3)10-4/h8-9H,5-7,13H2,1-4H3. The van der Waals surface area contributed by atoms with Crippen LogP contribution in [-0.4, -0.2) is 29.5 Å². The van der Waals surface area contributed by atoms with Crippen molar-refractivity contribution >= 4 is 9.76 Å². The fourth-order valence-electron chi connectivity index (χ4n) is 0.882. The minimum atomic E-state index is -0.378. The van der Waals surface area contributed by atoms with Gasteiger partial charge in [-0.25, -0.2) is 0 Å². The van der Waals surface area contributed by atoms with E-state index < -0.39 is 0 Å². The molecular formula is C9H22O3Si. The van der Waals surface area contributed by atoms with Crippen molar-refractivity contribution in [2.24, 2.45) is 0 Å². The van der Waals surface area contributed by atoms with Gasteiger partial charge in [-0.2, -0.15) is 0 Å². The van der Waals surface area contributed by atoms with Crippen molar-refractivity contribution in [3.8, 4) is 0 Å². The lowest BCUT2D eigenvalue weighted by Gasteiger charge is -2.20. The van der Waals surface area contributed by atoms with Crippen LogP contribution in [-0.2, 0) is 13.9 Å². The Kier molecular flexibility index (Phi) is 8.75. The monoisotopic (exact) mass is 206 g/mol. The van der Waals surface area contributed by atoms with E-state index in [-0.39, 0.29) is 22.3 Å². The Morgan fingerprint density at radius 3 is 2.46 bits per heavy atom. The van der Waals surface area contributed by atoms with Gasteiger partial charge in [-0.05, 0) is 19.4 Å². The van der Waals surface area contributed by atoms with E-state index in [1.807, 2.05) is 6.92 Å². The largest absolute Gasteiger partial charge is 0.400 e. The lowest BCUT2D eigenvalue weighted by atomic mass is 10.5. The highest BCUT2D eigenvalue weighted by atomic mass is 28.2. The molecule has 0 amide bonds. The normalized spacial score (nSPS) is 16.6. The van der Waals surface area contributed by atoms with Crippen LogP contribution in [0.5, 0.6) is 0 Å². The van der Waals surface area contributed by atoms with Crippen LogP contribution < -0.4 is 0 Å². The van der Waals surface area contributed by atoms with Crippen molar-refractivity contribution in [3.63, 3.8) is 0 Å². The molecule has 0 fully saturated rings. The summed E-state index contributed by atoms with van der Waals surface area (Å²) in [6.07, 6.45) is 1.88. The summed E-state index contributed by atoms with van der Waals surface area (Å²) in [5.41, 5.74) is 0. The second kappa shape index (κ2) is 8.68. The fourth-order valence-corrected chi connectivity index (χ4v) is 1.91. The van der Waals surface area contributed by atoms with Crippen LogP contribution in [0.2, 0.25) is 6.04 Å². The molecule has 2 atom stereocenters. The maximum atomic E-state index is 5.64. The molecule has 80 valence electrons. The lowest BCUT2D eigenvalue weighted by Crippen LogP contribution is -2.24. The van der Waals surface area contributed by atoms with Gasteiger partial charge in [0.25, 0.3) is 0 Å². The van der Waals surface area contributed by atoms with Gasteiger partial charge >= 0.3 is 0 Å². The molecule has 0 bridgehead atoms. The number of rotatable bonds is 8. The average Bonchev–Trinajstić information content (AvgIpc) is 2.16. The van der Waals surface area contributed by atoms with E-state index in [9.17, 15) is 0 Å². The highest BCUT2D eigenvalue weighted by Crippen LogP contribution is 2.05. The summed E-state index contributed by atoms with van der Waals surface area (Å²) in [6.45, 7) is 6.12. The van der Waals surface area contributed by atoms with Gasteiger partial charge in [-0.1, -0.05) is 20.3 Å². The predicted molar refractivity (Wildman–Crippen MR) is 56.4 cm³/mol. The van der Waals surface area contributed by atoms with Gasteiger partial charge in [0.15, 0.2) is 16.1 Å². The Labute approximate surface area is 83.7 Å². The molecule has 0 aliphatic rings. The third-order valence-corrected chi connectivity index (χ3v) is 3.41. The molecule has 0 aromatic rings. The van der Waals surface area contributed by atoms with Crippen molar-refractivity contribution in [3.05, 3.63) is 0 Å². The summed E-state index contributed by atoms with van der Waals surface area (Å²) in [7, 11) is 1.26. The molecule has 13 heavy (non-hydrogen) atoms. The van der Waals surface area contributed by atoms with Crippen LogP contribution >= 0.6 is 0 Å². The SMILES string of the molecule is CCC[SiH2]OC(CC)OC(C)OC. The highest BCUT2D eigenvalue weighted by molar-refractivity contribution is 6.27. The van der Waals surface area contributed by atoms with Crippen LogP contribution in [0, 0.1) is 0 Å². The van der Waals surface area contributed by atoms with Crippen molar-refractivity contribution in [2.75, 3.05) is 7.11 Å². The van der Waals surface area contributed by atoms with Gasteiger partial charge in [-0.15, -0.1) is 0 Å². The predicted octanol–water partition coefficient (Wildman–Crippen LogP) is 1.66. The Morgan fingerprint density at radius 2 is 2.00 bits per heavy atom. The molecule has 3 nitrogen and oxygen atoms in total. The Hall–Kier alpha value is 0.0969. The van der Waals surface area contributed by atoms with Crippen molar-refractivity contribution < 1.29 is 13.9 Å². The number of hydrogen-bond donors (Lipinski definition) is 0. The molecule has 0 aliphatic heterocycles. The van der Waals surface area contributed by atoms with Gasteiger partial charge in [0.05, 0.1) is 0 Å². The average molecular weight is 206 g/mol. The van der Waals surface area contributed by atoms with Gasteiger partial charge in [0, 0.05) is 7.11 Å². The molecule has 0 radical (unpaired) electrons. The molecule has 0 saturated heterocycles. The molecular weight excluding hydrogens is 184 g/mol. The molecule has 0 spiro atoms. The van der Waals surface area contributed by atoms with E-state index in [1.54, 1.807) is 7.11 Å². The second-order valence-electron chi connectivity index (χ2n) is 3.00. The minimum Gasteiger partial charge on any atom is -0.400 e. The van der Waals surface area contributed by atoms with Crippen LogP contribution in [0.25, 0.3) is 0 Å². The number of ether oxygens (including phenoxy) is 2. The van der Waals surface area contributed by atoms with Gasteiger partial charge in [0.2, 0.25) is 0 Å². The quantitative estimate of drug-likeness (QED) is 0.343. The minimum absolute atomic E-state index is 0.0619. The molecule has 0 aliphatic carbocycles. The Bertz CT molecular complexity index is 111. The number of hydrogen-bond acceptors (Lipinski definition) is 3. The highest BCUT2D eigenvalue weighted by Gasteiger charge is 2.10. The van der Waals surface area contributed by atoms with Crippen LogP contribution in [0.15, 0.2) is 0 Å². The maximum Gasteiger partial charge on any atom is 0.165 e. The van der Waals surface area contributed by atoms with Crippen molar-refractivity contribution in [2.45, 2.75) is 52.2 Å². The first-order chi connectivity index (χ1) is 6.24. The third kappa shape index (κ3) is 7.19. The zero-order valence-corrected chi connectivity index (χ0v) is 10.6. The summed E-state index contributed by atoms with van der Waals surface area (Å²) in [5, 5.41) is 0. The summed E-state index contributed by atoms with van der Waals surface area (Å²) in [6, 6.07) is 1.22. The van der Waals surface area contributed by atoms with E-state index in [0.717, 1.165) is 6.42 Å². The lowest BCUT2D eigenvalue weighted by molar-refractivity contribution is -0.201. The maximum absolute atomic E-state index is 5.64. The third-order valence-electron chi connectivity index (χ3n) is 1.81. The first-order valence-electron chi connectivity index (χ1n) is 5.04. The Morgan fingerprint density at radius 1 is 1.31 bits per heavy atom. The molecule has 0 heterocycles. The smallest absolute Gasteiger partial charge is 0.165 e. The van der Waals surface area contributed by atoms with Crippen LogP contribution in [0.1, 0.15) is 33.6 Å². The molecule has 0 aromatic carbocycles. The summed E-state index contributed by atoms with van der Waals surface area (Å²) >= 11 is 0. The second-order valence-corrected chi connectivity index (χ2v) is 4.45. The molecule has 2 unspecified atom stereocenters. The zero-order valence-electron chi connectivity index (χ0n) is 9.21. The molecule has 0 N–H and O–H groups in total. The summed E-state index contributed by atoms with van der Waals surface area (Å²) in [5.74, 6) is 0. The molecule has 0 rings (SSSR count). The molecule has 4 heteroatoms. The van der Waals surface area contributed by atoms with E-state index in [1.165, 1.54) is 12.5 Å². The van der Waals surface area contributed by atoms with Crippen LogP contribution in [0.3, 0.4) is 0 Å². The molecule has 0 saturated carbocycles. The van der Waals surface area contributed by atoms with Crippen molar-refractivity contribution in [1.82, 2.24) is 0 Å². The van der Waals surface area contributed by atoms with Gasteiger partial charge in [0.1, 0.15) is 6.29 Å². The van der Waals surface area contributed by atoms with Gasteiger partial charge < -0.3 is 13.9 Å². The number of methoxy groups -OCH3 is 1. The summed E-state index contributed by atoms with van der Waals surface area (Å²) in [4.78, 5) is 0. The van der Waals surface area contributed by atoms with Crippen LogP contribution in [0.4, 0.5) is 0 Å².